The molecule has 0 radical (unpaired) electrons. The van der Waals surface area contributed by atoms with Crippen molar-refractivity contribution in [2.45, 2.75) is 12.6 Å². The van der Waals surface area contributed by atoms with E-state index in [4.69, 9.17) is 9.63 Å². The zero-order chi connectivity index (χ0) is 12.7. The Morgan fingerprint density at radius 3 is 2.88 bits per heavy atom. The van der Waals surface area contributed by atoms with Crippen LogP contribution in [0.2, 0.25) is 0 Å². The van der Waals surface area contributed by atoms with E-state index in [1.165, 1.54) is 13.3 Å². The maximum absolute atomic E-state index is 11.2. The normalized spacial score (nSPS) is 11.8. The molecule has 1 unspecified atom stereocenters. The molecule has 0 saturated heterocycles. The van der Waals surface area contributed by atoms with E-state index in [9.17, 15) is 9.59 Å². The molecule has 0 aliphatic carbocycles. The number of ether oxygens (including phenoxy) is 1. The van der Waals surface area contributed by atoms with E-state index in [0.717, 1.165) is 0 Å². The first-order chi connectivity index (χ1) is 8.13. The topological polar surface area (TPSA) is 114 Å². The van der Waals surface area contributed by atoms with Crippen LogP contribution in [0.15, 0.2) is 16.8 Å². The second-order valence-electron chi connectivity index (χ2n) is 3.10. The average Bonchev–Trinajstić information content (AvgIpc) is 2.79. The molecule has 1 aromatic heterocycles. The number of carbonyl (C=O) groups excluding carboxylic acids is 1. The Balaban J connectivity index is 2.23. The summed E-state index contributed by atoms with van der Waals surface area (Å²) in [5, 5.41) is 16.9. The molecule has 3 N–H and O–H groups in total. The van der Waals surface area contributed by atoms with Crippen LogP contribution in [0.5, 0.6) is 0 Å². The zero-order valence-corrected chi connectivity index (χ0v) is 9.17. The van der Waals surface area contributed by atoms with Crippen LogP contribution >= 0.6 is 0 Å². The minimum Gasteiger partial charge on any atom is -0.479 e. The second kappa shape index (κ2) is 6.48. The lowest BCUT2D eigenvalue weighted by Gasteiger charge is -2.11. The van der Waals surface area contributed by atoms with Crippen molar-refractivity contribution >= 4 is 12.0 Å². The molecule has 0 aromatic carbocycles. The van der Waals surface area contributed by atoms with Crippen LogP contribution in [0.25, 0.3) is 0 Å². The number of carboxylic acids is 1. The summed E-state index contributed by atoms with van der Waals surface area (Å²) in [6, 6.07) is 1.10. The predicted octanol–water partition coefficient (Wildman–Crippen LogP) is -0.427. The molecule has 2 amide bonds. The lowest BCUT2D eigenvalue weighted by atomic mass is 10.3. The summed E-state index contributed by atoms with van der Waals surface area (Å²) in [6.07, 6.45) is 0.395. The maximum Gasteiger partial charge on any atom is 0.334 e. The van der Waals surface area contributed by atoms with Crippen molar-refractivity contribution in [1.29, 1.82) is 0 Å². The molecule has 1 aromatic rings. The van der Waals surface area contributed by atoms with E-state index in [1.807, 2.05) is 0 Å². The van der Waals surface area contributed by atoms with Crippen LogP contribution in [-0.2, 0) is 16.1 Å². The Kier molecular flexibility index (Phi) is 4.95. The third kappa shape index (κ3) is 4.51. The van der Waals surface area contributed by atoms with Crippen LogP contribution in [0, 0.1) is 0 Å². The maximum atomic E-state index is 11.2. The first-order valence-electron chi connectivity index (χ1n) is 4.80. The van der Waals surface area contributed by atoms with Gasteiger partial charge in [-0.3, -0.25) is 0 Å². The Morgan fingerprint density at radius 2 is 2.35 bits per heavy atom. The van der Waals surface area contributed by atoms with Gasteiger partial charge in [0, 0.05) is 13.2 Å². The third-order valence-electron chi connectivity index (χ3n) is 1.92. The largest absolute Gasteiger partial charge is 0.479 e. The van der Waals surface area contributed by atoms with E-state index in [0.29, 0.717) is 5.76 Å². The molecular weight excluding hydrogens is 230 g/mol. The van der Waals surface area contributed by atoms with Gasteiger partial charge in [-0.25, -0.2) is 9.59 Å². The molecule has 0 spiro atoms. The summed E-state index contributed by atoms with van der Waals surface area (Å²) in [5.74, 6) is -0.635. The lowest BCUT2D eigenvalue weighted by molar-refractivity contribution is -0.147. The van der Waals surface area contributed by atoms with Gasteiger partial charge in [0.2, 0.25) is 0 Å². The third-order valence-corrected chi connectivity index (χ3v) is 1.92. The molecule has 1 rings (SSSR count). The molecule has 0 fully saturated rings. The highest BCUT2D eigenvalue weighted by Gasteiger charge is 2.16. The number of hydrogen-bond donors (Lipinski definition) is 3. The van der Waals surface area contributed by atoms with Crippen LogP contribution in [-0.4, -0.2) is 42.0 Å². The number of amides is 2. The Hall–Kier alpha value is -2.09. The van der Waals surface area contributed by atoms with E-state index < -0.39 is 18.1 Å². The summed E-state index contributed by atoms with van der Waals surface area (Å²) in [6.45, 7) is 0.0601. The summed E-state index contributed by atoms with van der Waals surface area (Å²) in [5.41, 5.74) is 0. The van der Waals surface area contributed by atoms with Gasteiger partial charge in [0.05, 0.1) is 19.3 Å². The van der Waals surface area contributed by atoms with Crippen LogP contribution in [0.1, 0.15) is 5.76 Å². The summed E-state index contributed by atoms with van der Waals surface area (Å²) >= 11 is 0. The Morgan fingerprint density at radius 1 is 1.59 bits per heavy atom. The fourth-order valence-electron chi connectivity index (χ4n) is 1.02. The van der Waals surface area contributed by atoms with Crippen molar-refractivity contribution in [2.75, 3.05) is 13.7 Å². The van der Waals surface area contributed by atoms with Crippen molar-refractivity contribution < 1.29 is 24.0 Å². The van der Waals surface area contributed by atoms with E-state index in [2.05, 4.69) is 20.5 Å². The first-order valence-corrected chi connectivity index (χ1v) is 4.80. The Labute approximate surface area is 96.9 Å². The number of nitrogens with one attached hydrogen (secondary N) is 2. The van der Waals surface area contributed by atoms with Crippen molar-refractivity contribution in [3.05, 3.63) is 18.0 Å². The van der Waals surface area contributed by atoms with Gasteiger partial charge in [0.25, 0.3) is 0 Å². The number of nitrogens with zero attached hydrogens (tertiary/aromatic N) is 1. The molecule has 1 heterocycles. The average molecular weight is 243 g/mol. The summed E-state index contributed by atoms with van der Waals surface area (Å²) in [4.78, 5) is 21.8. The number of urea groups is 1. The second-order valence-corrected chi connectivity index (χ2v) is 3.10. The zero-order valence-electron chi connectivity index (χ0n) is 9.17. The molecule has 8 heteroatoms. The van der Waals surface area contributed by atoms with E-state index >= 15 is 0 Å². The minimum absolute atomic E-state index is 0.117. The molecule has 94 valence electrons. The minimum atomic E-state index is -1.14. The quantitative estimate of drug-likeness (QED) is 0.625. The molecule has 0 bridgehead atoms. The van der Waals surface area contributed by atoms with Crippen molar-refractivity contribution in [1.82, 2.24) is 15.8 Å². The van der Waals surface area contributed by atoms with Gasteiger partial charge in [0.1, 0.15) is 0 Å². The van der Waals surface area contributed by atoms with Gasteiger partial charge in [0.15, 0.2) is 11.9 Å². The number of hydrogen-bond acceptors (Lipinski definition) is 5. The first kappa shape index (κ1) is 13.0. The van der Waals surface area contributed by atoms with Crippen LogP contribution < -0.4 is 10.6 Å². The van der Waals surface area contributed by atoms with Gasteiger partial charge in [-0.1, -0.05) is 5.16 Å². The fraction of sp³-hybridized carbons (Fsp3) is 0.444. The van der Waals surface area contributed by atoms with Gasteiger partial charge in [-0.15, -0.1) is 0 Å². The van der Waals surface area contributed by atoms with Crippen molar-refractivity contribution in [3.8, 4) is 0 Å². The molecule has 0 saturated carbocycles. The van der Waals surface area contributed by atoms with Gasteiger partial charge >= 0.3 is 12.0 Å². The molecule has 17 heavy (non-hydrogen) atoms. The van der Waals surface area contributed by atoms with Gasteiger partial charge in [-0.05, 0) is 0 Å². The fourth-order valence-corrected chi connectivity index (χ4v) is 1.02. The van der Waals surface area contributed by atoms with Gasteiger partial charge < -0.3 is 25.0 Å². The Bertz CT molecular complexity index is 365. The standard InChI is InChI=1S/C9H13N3O5/c1-16-7(8(13)14)5-11-9(15)10-4-6-2-3-12-17-6/h2-3,7H,4-5H2,1H3,(H,13,14)(H2,10,11,15). The van der Waals surface area contributed by atoms with Crippen LogP contribution in [0.3, 0.4) is 0 Å². The van der Waals surface area contributed by atoms with Crippen molar-refractivity contribution in [3.63, 3.8) is 0 Å². The van der Waals surface area contributed by atoms with E-state index in [1.54, 1.807) is 6.07 Å². The number of aromatic nitrogens is 1. The summed E-state index contributed by atoms with van der Waals surface area (Å²) in [7, 11) is 1.26. The predicted molar refractivity (Wildman–Crippen MR) is 55.2 cm³/mol. The van der Waals surface area contributed by atoms with E-state index in [-0.39, 0.29) is 13.1 Å². The summed E-state index contributed by atoms with van der Waals surface area (Å²) < 4.78 is 9.40. The highest BCUT2D eigenvalue weighted by Crippen LogP contribution is 1.94. The van der Waals surface area contributed by atoms with Crippen molar-refractivity contribution in [2.24, 2.45) is 0 Å². The SMILES string of the molecule is COC(CNC(=O)NCc1ccno1)C(=O)O. The number of carbonyl (C=O) groups is 2. The molecular formula is C9H13N3O5. The lowest BCUT2D eigenvalue weighted by Crippen LogP contribution is -2.42. The monoisotopic (exact) mass is 243 g/mol. The molecule has 8 nitrogen and oxygen atoms in total. The molecule has 0 aliphatic heterocycles. The smallest absolute Gasteiger partial charge is 0.334 e. The highest BCUT2D eigenvalue weighted by atomic mass is 16.5. The van der Waals surface area contributed by atoms with Crippen LogP contribution in [0.4, 0.5) is 4.79 Å². The number of aliphatic carboxylic acids is 1. The highest BCUT2D eigenvalue weighted by molar-refractivity contribution is 5.76. The molecule has 0 aliphatic rings. The number of carboxylic acid groups (broad SMARTS) is 1. The van der Waals surface area contributed by atoms with Gasteiger partial charge in [-0.2, -0.15) is 0 Å². The number of methoxy groups -OCH3 is 1. The molecule has 1 atom stereocenters. The number of rotatable bonds is 6.